The zero-order valence-electron chi connectivity index (χ0n) is 9.53. The van der Waals surface area contributed by atoms with Gasteiger partial charge in [-0.25, -0.2) is 0 Å². The third-order valence-corrected chi connectivity index (χ3v) is 3.15. The van der Waals surface area contributed by atoms with Gasteiger partial charge < -0.3 is 9.84 Å². The van der Waals surface area contributed by atoms with E-state index in [1.54, 1.807) is 7.11 Å². The van der Waals surface area contributed by atoms with E-state index in [0.717, 1.165) is 17.6 Å². The van der Waals surface area contributed by atoms with Gasteiger partial charge in [0.1, 0.15) is 0 Å². The van der Waals surface area contributed by atoms with Crippen molar-refractivity contribution in [1.82, 2.24) is 4.90 Å². The minimum Gasteiger partial charge on any atom is -0.395 e. The highest BCUT2D eigenvalue weighted by Crippen LogP contribution is 2.17. The quantitative estimate of drug-likeness (QED) is 0.831. The predicted molar refractivity (Wildman–Crippen MR) is 68.4 cm³/mol. The summed E-state index contributed by atoms with van der Waals surface area (Å²) in [6, 6.07) is 8.14. The Morgan fingerprint density at radius 2 is 2.06 bits per heavy atom. The van der Waals surface area contributed by atoms with Crippen LogP contribution in [-0.2, 0) is 11.3 Å². The van der Waals surface area contributed by atoms with Crippen molar-refractivity contribution in [3.05, 3.63) is 34.3 Å². The second kappa shape index (κ2) is 7.79. The molecule has 4 heteroatoms. The maximum Gasteiger partial charge on any atom is 0.0589 e. The van der Waals surface area contributed by atoms with E-state index in [1.165, 1.54) is 5.56 Å². The Bertz CT molecular complexity index is 307. The maximum absolute atomic E-state index is 8.99. The van der Waals surface area contributed by atoms with Crippen molar-refractivity contribution >= 4 is 15.9 Å². The molecule has 1 aromatic carbocycles. The van der Waals surface area contributed by atoms with Gasteiger partial charge in [-0.1, -0.05) is 34.1 Å². The molecular weight excluding hydrogens is 270 g/mol. The standard InChI is InChI=1S/C12H18BrNO2/c1-16-9-7-14(6-8-15)10-11-4-2-3-5-12(11)13/h2-5,15H,6-10H2,1H3. The van der Waals surface area contributed by atoms with Gasteiger partial charge in [-0.3, -0.25) is 4.90 Å². The van der Waals surface area contributed by atoms with Gasteiger partial charge in [0.25, 0.3) is 0 Å². The molecule has 0 aromatic heterocycles. The van der Waals surface area contributed by atoms with Crippen molar-refractivity contribution in [2.75, 3.05) is 33.4 Å². The Hall–Kier alpha value is -0.420. The van der Waals surface area contributed by atoms with E-state index >= 15 is 0 Å². The second-order valence-electron chi connectivity index (χ2n) is 3.58. The normalized spacial score (nSPS) is 11.0. The van der Waals surface area contributed by atoms with Crippen LogP contribution < -0.4 is 0 Å². The molecule has 16 heavy (non-hydrogen) atoms. The van der Waals surface area contributed by atoms with Gasteiger partial charge in [-0.05, 0) is 11.6 Å². The number of halogens is 1. The van der Waals surface area contributed by atoms with Crippen LogP contribution in [0.1, 0.15) is 5.56 Å². The molecule has 0 saturated carbocycles. The molecule has 0 amide bonds. The summed E-state index contributed by atoms with van der Waals surface area (Å²) in [6.45, 7) is 3.19. The molecule has 0 radical (unpaired) electrons. The summed E-state index contributed by atoms with van der Waals surface area (Å²) in [5.74, 6) is 0. The van der Waals surface area contributed by atoms with Crippen LogP contribution in [0.4, 0.5) is 0 Å². The second-order valence-corrected chi connectivity index (χ2v) is 4.44. The van der Waals surface area contributed by atoms with Crippen LogP contribution in [0.15, 0.2) is 28.7 Å². The average molecular weight is 288 g/mol. The number of hydrogen-bond donors (Lipinski definition) is 1. The fourth-order valence-electron chi connectivity index (χ4n) is 1.50. The van der Waals surface area contributed by atoms with Gasteiger partial charge >= 0.3 is 0 Å². The van der Waals surface area contributed by atoms with Crippen LogP contribution in [0.5, 0.6) is 0 Å². The topological polar surface area (TPSA) is 32.7 Å². The molecule has 90 valence electrons. The van der Waals surface area contributed by atoms with E-state index < -0.39 is 0 Å². The molecule has 0 spiro atoms. The summed E-state index contributed by atoms with van der Waals surface area (Å²) in [5.41, 5.74) is 1.23. The first-order chi connectivity index (χ1) is 7.77. The Kier molecular flexibility index (Phi) is 6.64. The number of nitrogens with zero attached hydrogens (tertiary/aromatic N) is 1. The number of aliphatic hydroxyl groups excluding tert-OH is 1. The van der Waals surface area contributed by atoms with Gasteiger partial charge in [-0.15, -0.1) is 0 Å². The SMILES string of the molecule is COCCN(CCO)Cc1ccccc1Br. The van der Waals surface area contributed by atoms with Crippen LogP contribution in [-0.4, -0.2) is 43.4 Å². The smallest absolute Gasteiger partial charge is 0.0589 e. The zero-order chi connectivity index (χ0) is 11.8. The van der Waals surface area contributed by atoms with Crippen LogP contribution in [0.3, 0.4) is 0 Å². The van der Waals surface area contributed by atoms with Crippen molar-refractivity contribution < 1.29 is 9.84 Å². The van der Waals surface area contributed by atoms with Crippen molar-refractivity contribution in [1.29, 1.82) is 0 Å². The van der Waals surface area contributed by atoms with E-state index in [-0.39, 0.29) is 6.61 Å². The van der Waals surface area contributed by atoms with E-state index in [0.29, 0.717) is 13.2 Å². The van der Waals surface area contributed by atoms with Crippen LogP contribution in [0.2, 0.25) is 0 Å². The highest BCUT2D eigenvalue weighted by Gasteiger charge is 2.07. The monoisotopic (exact) mass is 287 g/mol. The predicted octanol–water partition coefficient (Wildman–Crippen LogP) is 1.89. The number of rotatable bonds is 7. The van der Waals surface area contributed by atoms with E-state index in [2.05, 4.69) is 26.9 Å². The minimum atomic E-state index is 0.175. The largest absolute Gasteiger partial charge is 0.395 e. The van der Waals surface area contributed by atoms with Gasteiger partial charge in [-0.2, -0.15) is 0 Å². The summed E-state index contributed by atoms with van der Waals surface area (Å²) >= 11 is 3.52. The van der Waals surface area contributed by atoms with Crippen molar-refractivity contribution in [2.24, 2.45) is 0 Å². The van der Waals surface area contributed by atoms with E-state index in [4.69, 9.17) is 9.84 Å². The molecule has 0 saturated heterocycles. The lowest BCUT2D eigenvalue weighted by Gasteiger charge is -2.21. The summed E-state index contributed by atoms with van der Waals surface area (Å²) in [5, 5.41) is 8.99. The van der Waals surface area contributed by atoms with Gasteiger partial charge in [0.15, 0.2) is 0 Å². The average Bonchev–Trinajstić information content (AvgIpc) is 2.29. The fourth-order valence-corrected chi connectivity index (χ4v) is 1.91. The first-order valence-electron chi connectivity index (χ1n) is 5.33. The van der Waals surface area contributed by atoms with Gasteiger partial charge in [0, 0.05) is 31.2 Å². The molecule has 0 aliphatic rings. The molecule has 3 nitrogen and oxygen atoms in total. The summed E-state index contributed by atoms with van der Waals surface area (Å²) in [4.78, 5) is 2.17. The molecule has 0 heterocycles. The molecule has 0 aliphatic heterocycles. The Morgan fingerprint density at radius 3 is 2.69 bits per heavy atom. The van der Waals surface area contributed by atoms with Crippen LogP contribution in [0.25, 0.3) is 0 Å². The molecule has 0 unspecified atom stereocenters. The first kappa shape index (κ1) is 13.6. The molecular formula is C12H18BrNO2. The molecule has 0 bridgehead atoms. The van der Waals surface area contributed by atoms with E-state index in [9.17, 15) is 0 Å². The zero-order valence-corrected chi connectivity index (χ0v) is 11.1. The number of hydrogen-bond acceptors (Lipinski definition) is 3. The molecule has 0 atom stereocenters. The first-order valence-corrected chi connectivity index (χ1v) is 6.12. The summed E-state index contributed by atoms with van der Waals surface area (Å²) < 4.78 is 6.16. The molecule has 1 rings (SSSR count). The summed E-state index contributed by atoms with van der Waals surface area (Å²) in [7, 11) is 1.69. The van der Waals surface area contributed by atoms with Crippen molar-refractivity contribution in [3.63, 3.8) is 0 Å². The maximum atomic E-state index is 8.99. The van der Waals surface area contributed by atoms with Crippen LogP contribution in [0, 0.1) is 0 Å². The highest BCUT2D eigenvalue weighted by atomic mass is 79.9. The number of aliphatic hydroxyl groups is 1. The number of methoxy groups -OCH3 is 1. The molecule has 0 fully saturated rings. The fraction of sp³-hybridized carbons (Fsp3) is 0.500. The van der Waals surface area contributed by atoms with Gasteiger partial charge in [0.2, 0.25) is 0 Å². The summed E-state index contributed by atoms with van der Waals surface area (Å²) in [6.07, 6.45) is 0. The lowest BCUT2D eigenvalue weighted by atomic mass is 10.2. The number of ether oxygens (including phenoxy) is 1. The lowest BCUT2D eigenvalue weighted by Crippen LogP contribution is -2.29. The third-order valence-electron chi connectivity index (χ3n) is 2.38. The molecule has 1 aromatic rings. The molecule has 1 N–H and O–H groups in total. The highest BCUT2D eigenvalue weighted by molar-refractivity contribution is 9.10. The van der Waals surface area contributed by atoms with Crippen molar-refractivity contribution in [2.45, 2.75) is 6.54 Å². The Balaban J connectivity index is 2.56. The molecule has 0 aliphatic carbocycles. The minimum absolute atomic E-state index is 0.175. The number of benzene rings is 1. The Labute approximate surface area is 105 Å². The van der Waals surface area contributed by atoms with E-state index in [1.807, 2.05) is 18.2 Å². The third kappa shape index (κ3) is 4.61. The lowest BCUT2D eigenvalue weighted by molar-refractivity contribution is 0.126. The van der Waals surface area contributed by atoms with Gasteiger partial charge in [0.05, 0.1) is 13.2 Å². The van der Waals surface area contributed by atoms with Crippen LogP contribution >= 0.6 is 15.9 Å². The Morgan fingerprint density at radius 1 is 1.31 bits per heavy atom. The van der Waals surface area contributed by atoms with Crippen molar-refractivity contribution in [3.8, 4) is 0 Å².